The number of methoxy groups -OCH3 is 1. The van der Waals surface area contributed by atoms with Gasteiger partial charge in [-0.2, -0.15) is 5.26 Å². The highest BCUT2D eigenvalue weighted by Gasteiger charge is 2.45. The normalized spacial score (nSPS) is 18.1. The molecule has 20 heavy (non-hydrogen) atoms. The fourth-order valence-electron chi connectivity index (χ4n) is 3.07. The second-order valence-electron chi connectivity index (χ2n) is 5.74. The zero-order chi connectivity index (χ0) is 15.1. The summed E-state index contributed by atoms with van der Waals surface area (Å²) in [5.74, 6) is 0.831. The van der Waals surface area contributed by atoms with Crippen LogP contribution in [0.3, 0.4) is 0 Å². The Labute approximate surface area is 129 Å². The van der Waals surface area contributed by atoms with Gasteiger partial charge in [-0.25, -0.2) is 0 Å². The minimum atomic E-state index is -0.431. The number of hydrogen-bond donors (Lipinski definition) is 1. The summed E-state index contributed by atoms with van der Waals surface area (Å²) in [7, 11) is 1.67. The van der Waals surface area contributed by atoms with Crippen LogP contribution in [-0.4, -0.2) is 7.11 Å². The molecule has 1 aliphatic rings. The second kappa shape index (κ2) is 5.38. The number of hydrogen-bond acceptors (Lipinski definition) is 3. The van der Waals surface area contributed by atoms with E-state index in [-0.39, 0.29) is 6.04 Å². The van der Waals surface area contributed by atoms with Crippen LogP contribution in [0.1, 0.15) is 47.6 Å². The van der Waals surface area contributed by atoms with E-state index in [4.69, 9.17) is 10.5 Å². The summed E-state index contributed by atoms with van der Waals surface area (Å²) in [6, 6.07) is 2.15. The number of nitrogens with two attached hydrogens (primary N) is 1. The van der Waals surface area contributed by atoms with Gasteiger partial charge in [0.25, 0.3) is 0 Å². The van der Waals surface area contributed by atoms with Crippen molar-refractivity contribution < 1.29 is 4.74 Å². The Morgan fingerprint density at radius 2 is 1.85 bits per heavy atom. The quantitative estimate of drug-likeness (QED) is 0.904. The van der Waals surface area contributed by atoms with E-state index >= 15 is 0 Å². The predicted molar refractivity (Wildman–Crippen MR) is 83.7 cm³/mol. The van der Waals surface area contributed by atoms with Gasteiger partial charge in [0.15, 0.2) is 0 Å². The van der Waals surface area contributed by atoms with Gasteiger partial charge in [0.2, 0.25) is 0 Å². The van der Waals surface area contributed by atoms with Crippen molar-refractivity contribution in [3.05, 3.63) is 26.7 Å². The van der Waals surface area contributed by atoms with E-state index in [1.807, 2.05) is 13.8 Å². The number of nitriles is 1. The highest BCUT2D eigenvalue weighted by Crippen LogP contribution is 2.52. The van der Waals surface area contributed by atoms with Crippen LogP contribution >= 0.6 is 15.9 Å². The molecule has 2 rings (SSSR count). The average Bonchev–Trinajstić information content (AvgIpc) is 2.39. The molecule has 1 aliphatic carbocycles. The fourth-order valence-corrected chi connectivity index (χ4v) is 3.58. The first-order valence-corrected chi connectivity index (χ1v) is 7.69. The van der Waals surface area contributed by atoms with Gasteiger partial charge in [-0.15, -0.1) is 0 Å². The lowest BCUT2D eigenvalue weighted by Gasteiger charge is -2.41. The van der Waals surface area contributed by atoms with E-state index in [1.54, 1.807) is 7.11 Å². The van der Waals surface area contributed by atoms with Gasteiger partial charge in [-0.1, -0.05) is 22.4 Å². The highest BCUT2D eigenvalue weighted by atomic mass is 79.9. The summed E-state index contributed by atoms with van der Waals surface area (Å²) in [5, 5.41) is 9.53. The molecule has 0 bridgehead atoms. The van der Waals surface area contributed by atoms with E-state index in [0.717, 1.165) is 51.7 Å². The molecular formula is C16H21BrN2O. The van der Waals surface area contributed by atoms with E-state index in [2.05, 4.69) is 28.9 Å². The number of halogens is 1. The first-order valence-electron chi connectivity index (χ1n) is 6.89. The molecule has 1 unspecified atom stereocenters. The summed E-state index contributed by atoms with van der Waals surface area (Å²) in [5.41, 5.74) is 10.4. The van der Waals surface area contributed by atoms with E-state index in [1.165, 1.54) is 0 Å². The zero-order valence-corrected chi connectivity index (χ0v) is 14.1. The van der Waals surface area contributed by atoms with Crippen LogP contribution in [0.4, 0.5) is 0 Å². The van der Waals surface area contributed by atoms with Crippen LogP contribution in [0.25, 0.3) is 0 Å². The van der Waals surface area contributed by atoms with Crippen molar-refractivity contribution in [3.8, 4) is 11.8 Å². The highest BCUT2D eigenvalue weighted by molar-refractivity contribution is 9.10. The van der Waals surface area contributed by atoms with Crippen molar-refractivity contribution in [3.63, 3.8) is 0 Å². The van der Waals surface area contributed by atoms with Crippen molar-refractivity contribution >= 4 is 15.9 Å². The molecule has 0 saturated heterocycles. The van der Waals surface area contributed by atoms with Crippen molar-refractivity contribution in [2.24, 2.45) is 11.1 Å². The summed E-state index contributed by atoms with van der Waals surface area (Å²) < 4.78 is 6.68. The number of rotatable bonds is 3. The molecule has 0 spiro atoms. The summed E-state index contributed by atoms with van der Waals surface area (Å²) >= 11 is 3.65. The van der Waals surface area contributed by atoms with Gasteiger partial charge in [-0.3, -0.25) is 0 Å². The molecule has 1 atom stereocenters. The molecule has 0 radical (unpaired) electrons. The minimum Gasteiger partial charge on any atom is -0.496 e. The molecule has 0 amide bonds. The van der Waals surface area contributed by atoms with Gasteiger partial charge in [0.05, 0.1) is 24.6 Å². The maximum Gasteiger partial charge on any atom is 0.127 e. The molecule has 1 aromatic carbocycles. The topological polar surface area (TPSA) is 59.0 Å². The first kappa shape index (κ1) is 15.3. The Morgan fingerprint density at radius 3 is 2.25 bits per heavy atom. The molecule has 1 fully saturated rings. The molecule has 4 heteroatoms. The molecule has 1 saturated carbocycles. The van der Waals surface area contributed by atoms with Crippen LogP contribution in [0, 0.1) is 37.5 Å². The van der Waals surface area contributed by atoms with E-state index < -0.39 is 5.41 Å². The summed E-state index contributed by atoms with van der Waals surface area (Å²) in [6.45, 7) is 6.14. The van der Waals surface area contributed by atoms with E-state index in [0.29, 0.717) is 0 Å². The Hall–Kier alpha value is -1.05. The van der Waals surface area contributed by atoms with Gasteiger partial charge in [0, 0.05) is 10.0 Å². The fraction of sp³-hybridized carbons (Fsp3) is 0.562. The predicted octanol–water partition coefficient (Wildman–Crippen LogP) is 4.08. The Morgan fingerprint density at radius 1 is 1.25 bits per heavy atom. The van der Waals surface area contributed by atoms with Crippen molar-refractivity contribution in [2.45, 2.75) is 46.1 Å². The lowest BCUT2D eigenvalue weighted by molar-refractivity contribution is 0.166. The van der Waals surface area contributed by atoms with Crippen LogP contribution in [-0.2, 0) is 0 Å². The molecule has 0 aliphatic heterocycles. The molecule has 108 valence electrons. The average molecular weight is 337 g/mol. The zero-order valence-electron chi connectivity index (χ0n) is 12.5. The lowest BCUT2D eigenvalue weighted by atomic mass is 9.63. The van der Waals surface area contributed by atoms with Crippen molar-refractivity contribution in [2.75, 3.05) is 7.11 Å². The SMILES string of the molecule is COc1c(C)c(C)c(Br)c(C)c1C(N)C1(C#N)CCC1. The molecule has 0 heterocycles. The second-order valence-corrected chi connectivity index (χ2v) is 6.53. The van der Waals surface area contributed by atoms with Crippen LogP contribution in [0.2, 0.25) is 0 Å². The van der Waals surface area contributed by atoms with Gasteiger partial charge in [-0.05, 0) is 50.3 Å². The number of ether oxygens (including phenoxy) is 1. The van der Waals surface area contributed by atoms with Gasteiger partial charge in [0.1, 0.15) is 5.75 Å². The minimum absolute atomic E-state index is 0.299. The van der Waals surface area contributed by atoms with E-state index in [9.17, 15) is 5.26 Å². The monoisotopic (exact) mass is 336 g/mol. The van der Waals surface area contributed by atoms with Crippen LogP contribution in [0.15, 0.2) is 4.47 Å². The summed E-state index contributed by atoms with van der Waals surface area (Å²) in [4.78, 5) is 0. The maximum atomic E-state index is 9.53. The standard InChI is InChI=1S/C16H21BrN2O/c1-9-10(2)14(20-4)12(11(3)13(9)17)15(19)16(8-18)6-5-7-16/h15H,5-7,19H2,1-4H3. The smallest absolute Gasteiger partial charge is 0.127 e. The largest absolute Gasteiger partial charge is 0.496 e. The molecule has 3 nitrogen and oxygen atoms in total. The molecular weight excluding hydrogens is 316 g/mol. The van der Waals surface area contributed by atoms with Crippen molar-refractivity contribution in [1.82, 2.24) is 0 Å². The Bertz CT molecular complexity index is 585. The molecule has 1 aromatic rings. The summed E-state index contributed by atoms with van der Waals surface area (Å²) in [6.07, 6.45) is 2.82. The number of nitrogens with zero attached hydrogens (tertiary/aromatic N) is 1. The third kappa shape index (κ3) is 2.04. The number of benzene rings is 1. The van der Waals surface area contributed by atoms with Crippen molar-refractivity contribution in [1.29, 1.82) is 5.26 Å². The maximum absolute atomic E-state index is 9.53. The van der Waals surface area contributed by atoms with Crippen LogP contribution in [0.5, 0.6) is 5.75 Å². The van der Waals surface area contributed by atoms with Gasteiger partial charge < -0.3 is 10.5 Å². The Kier molecular flexibility index (Phi) is 4.13. The third-order valence-electron chi connectivity index (χ3n) is 4.79. The third-order valence-corrected chi connectivity index (χ3v) is 5.98. The molecule has 0 aromatic heterocycles. The lowest BCUT2D eigenvalue weighted by Crippen LogP contribution is -2.40. The first-order chi connectivity index (χ1) is 9.39. The van der Waals surface area contributed by atoms with Crippen LogP contribution < -0.4 is 10.5 Å². The Balaban J connectivity index is 2.65. The van der Waals surface area contributed by atoms with Gasteiger partial charge >= 0.3 is 0 Å². The molecule has 2 N–H and O–H groups in total.